The summed E-state index contributed by atoms with van der Waals surface area (Å²) in [7, 11) is 1.56. The maximum absolute atomic E-state index is 12.3. The van der Waals surface area contributed by atoms with Crippen LogP contribution in [0.4, 0.5) is 0 Å². The zero-order valence-corrected chi connectivity index (χ0v) is 13.7. The van der Waals surface area contributed by atoms with Crippen LogP contribution in [-0.4, -0.2) is 23.0 Å². The number of H-pyrrole nitrogens is 1. The van der Waals surface area contributed by atoms with Crippen molar-refractivity contribution in [3.05, 3.63) is 82.4 Å². The second-order valence-electron chi connectivity index (χ2n) is 5.39. The van der Waals surface area contributed by atoms with E-state index in [1.165, 1.54) is 0 Å². The Bertz CT molecular complexity index is 936. The Balaban J connectivity index is 1.83. The molecule has 6 heteroatoms. The highest BCUT2D eigenvalue weighted by Gasteiger charge is 2.11. The molecule has 1 heterocycles. The van der Waals surface area contributed by atoms with Crippen molar-refractivity contribution >= 4 is 5.91 Å². The molecule has 0 saturated carbocycles. The van der Waals surface area contributed by atoms with Crippen molar-refractivity contribution in [3.63, 3.8) is 0 Å². The summed E-state index contributed by atoms with van der Waals surface area (Å²) >= 11 is 0. The van der Waals surface area contributed by atoms with Crippen LogP contribution in [0.25, 0.3) is 11.3 Å². The average Bonchev–Trinajstić information content (AvgIpc) is 2.66. The summed E-state index contributed by atoms with van der Waals surface area (Å²) in [4.78, 5) is 30.6. The van der Waals surface area contributed by atoms with Gasteiger partial charge in [-0.2, -0.15) is 4.98 Å². The van der Waals surface area contributed by atoms with Gasteiger partial charge in [0.1, 0.15) is 11.4 Å². The van der Waals surface area contributed by atoms with E-state index in [4.69, 9.17) is 4.74 Å². The molecule has 0 aliphatic carbocycles. The number of methoxy groups -OCH3 is 1. The number of nitrogens with one attached hydrogen (secondary N) is 2. The predicted octanol–water partition coefficient (Wildman–Crippen LogP) is 2.38. The van der Waals surface area contributed by atoms with Gasteiger partial charge in [0.15, 0.2) is 0 Å². The number of aromatic amines is 1. The highest BCUT2D eigenvalue weighted by Crippen LogP contribution is 2.21. The largest absolute Gasteiger partial charge is 0.497 e. The van der Waals surface area contributed by atoms with E-state index >= 15 is 0 Å². The van der Waals surface area contributed by atoms with Gasteiger partial charge in [0, 0.05) is 12.1 Å². The third kappa shape index (κ3) is 4.11. The van der Waals surface area contributed by atoms with Gasteiger partial charge >= 0.3 is 5.69 Å². The van der Waals surface area contributed by atoms with E-state index in [-0.39, 0.29) is 11.6 Å². The van der Waals surface area contributed by atoms with Gasteiger partial charge in [-0.25, -0.2) is 4.79 Å². The first-order valence-corrected chi connectivity index (χ1v) is 7.73. The summed E-state index contributed by atoms with van der Waals surface area (Å²) in [6.45, 7) is 0.374. The van der Waals surface area contributed by atoms with Gasteiger partial charge in [0.2, 0.25) is 0 Å². The standard InChI is InChI=1S/C19H17N3O3/c1-25-15-9-5-8-14(10-15)16-11-17(22-19(24)21-16)18(23)20-12-13-6-3-2-4-7-13/h2-11H,12H2,1H3,(H,20,23)(H,21,22,24). The summed E-state index contributed by atoms with van der Waals surface area (Å²) in [5.74, 6) is 0.280. The summed E-state index contributed by atoms with van der Waals surface area (Å²) in [6, 6.07) is 18.2. The maximum atomic E-state index is 12.3. The lowest BCUT2D eigenvalue weighted by Gasteiger charge is -2.07. The smallest absolute Gasteiger partial charge is 0.346 e. The Morgan fingerprint density at radius 3 is 2.68 bits per heavy atom. The number of nitrogens with zero attached hydrogens (tertiary/aromatic N) is 1. The highest BCUT2D eigenvalue weighted by atomic mass is 16.5. The number of aromatic nitrogens is 2. The molecule has 2 aromatic carbocycles. The van der Waals surface area contributed by atoms with Crippen LogP contribution < -0.4 is 15.7 Å². The molecule has 0 spiro atoms. The normalized spacial score (nSPS) is 10.3. The van der Waals surface area contributed by atoms with Crippen LogP contribution in [0.15, 0.2) is 65.5 Å². The Kier molecular flexibility index (Phi) is 4.89. The summed E-state index contributed by atoms with van der Waals surface area (Å²) in [6.07, 6.45) is 0. The van der Waals surface area contributed by atoms with Gasteiger partial charge in [-0.1, -0.05) is 42.5 Å². The average molecular weight is 335 g/mol. The highest BCUT2D eigenvalue weighted by molar-refractivity contribution is 5.93. The van der Waals surface area contributed by atoms with Crippen molar-refractivity contribution in [2.75, 3.05) is 7.11 Å². The third-order valence-corrected chi connectivity index (χ3v) is 3.65. The van der Waals surface area contributed by atoms with Crippen LogP contribution in [0.3, 0.4) is 0 Å². The van der Waals surface area contributed by atoms with Crippen LogP contribution in [0.2, 0.25) is 0 Å². The molecule has 6 nitrogen and oxygen atoms in total. The van der Waals surface area contributed by atoms with Crippen LogP contribution >= 0.6 is 0 Å². The van der Waals surface area contributed by atoms with Crippen molar-refractivity contribution in [3.8, 4) is 17.0 Å². The fraction of sp³-hybridized carbons (Fsp3) is 0.105. The molecule has 3 aromatic rings. The van der Waals surface area contributed by atoms with Crippen molar-refractivity contribution in [2.45, 2.75) is 6.54 Å². The SMILES string of the molecule is COc1cccc(-c2cc(C(=O)NCc3ccccc3)[nH]c(=O)n2)c1. The number of rotatable bonds is 5. The van der Waals surface area contributed by atoms with Crippen molar-refractivity contribution in [2.24, 2.45) is 0 Å². The maximum Gasteiger partial charge on any atom is 0.346 e. The molecule has 126 valence electrons. The van der Waals surface area contributed by atoms with E-state index in [0.29, 0.717) is 23.6 Å². The molecule has 0 bridgehead atoms. The molecule has 1 amide bonds. The van der Waals surface area contributed by atoms with Gasteiger partial charge in [-0.05, 0) is 23.8 Å². The fourth-order valence-corrected chi connectivity index (χ4v) is 2.38. The number of hydrogen-bond donors (Lipinski definition) is 2. The Morgan fingerprint density at radius 2 is 1.92 bits per heavy atom. The third-order valence-electron chi connectivity index (χ3n) is 3.65. The molecule has 2 N–H and O–H groups in total. The number of hydrogen-bond acceptors (Lipinski definition) is 4. The van der Waals surface area contributed by atoms with Gasteiger partial charge in [-0.3, -0.25) is 4.79 Å². The summed E-state index contributed by atoms with van der Waals surface area (Å²) < 4.78 is 5.18. The Morgan fingerprint density at radius 1 is 1.12 bits per heavy atom. The lowest BCUT2D eigenvalue weighted by atomic mass is 10.1. The van der Waals surface area contributed by atoms with E-state index in [0.717, 1.165) is 5.56 Å². The van der Waals surface area contributed by atoms with Gasteiger partial charge in [-0.15, -0.1) is 0 Å². The minimum Gasteiger partial charge on any atom is -0.497 e. The van der Waals surface area contributed by atoms with Crippen molar-refractivity contribution in [1.82, 2.24) is 15.3 Å². The first kappa shape index (κ1) is 16.4. The lowest BCUT2D eigenvalue weighted by Crippen LogP contribution is -2.27. The quantitative estimate of drug-likeness (QED) is 0.750. The van der Waals surface area contributed by atoms with Crippen molar-refractivity contribution in [1.29, 1.82) is 0 Å². The second-order valence-corrected chi connectivity index (χ2v) is 5.39. The van der Waals surface area contributed by atoms with E-state index < -0.39 is 5.69 Å². The monoisotopic (exact) mass is 335 g/mol. The zero-order chi connectivity index (χ0) is 17.6. The minimum atomic E-state index is -0.579. The van der Waals surface area contributed by atoms with Crippen LogP contribution in [-0.2, 0) is 6.54 Å². The predicted molar refractivity (Wildman–Crippen MR) is 94.5 cm³/mol. The molecular formula is C19H17N3O3. The molecule has 0 saturated heterocycles. The minimum absolute atomic E-state index is 0.161. The molecule has 0 unspecified atom stereocenters. The Labute approximate surface area is 144 Å². The number of carbonyl (C=O) groups excluding carboxylic acids is 1. The molecule has 0 aliphatic heterocycles. The zero-order valence-electron chi connectivity index (χ0n) is 13.7. The van der Waals surface area contributed by atoms with E-state index in [1.807, 2.05) is 30.3 Å². The van der Waals surface area contributed by atoms with Crippen LogP contribution in [0, 0.1) is 0 Å². The molecule has 0 radical (unpaired) electrons. The number of benzene rings is 2. The van der Waals surface area contributed by atoms with Gasteiger partial charge < -0.3 is 15.0 Å². The first-order chi connectivity index (χ1) is 12.2. The van der Waals surface area contributed by atoms with E-state index in [2.05, 4.69) is 15.3 Å². The molecular weight excluding hydrogens is 318 g/mol. The van der Waals surface area contributed by atoms with E-state index in [9.17, 15) is 9.59 Å². The molecule has 1 aromatic heterocycles. The fourth-order valence-electron chi connectivity index (χ4n) is 2.38. The molecule has 0 fully saturated rings. The summed E-state index contributed by atoms with van der Waals surface area (Å²) in [5.41, 5.74) is 1.66. The lowest BCUT2D eigenvalue weighted by molar-refractivity contribution is 0.0945. The topological polar surface area (TPSA) is 84.1 Å². The second kappa shape index (κ2) is 7.44. The van der Waals surface area contributed by atoms with Crippen LogP contribution in [0.1, 0.15) is 16.1 Å². The first-order valence-electron chi connectivity index (χ1n) is 7.73. The molecule has 0 atom stereocenters. The summed E-state index contributed by atoms with van der Waals surface area (Å²) in [5, 5.41) is 2.78. The molecule has 3 rings (SSSR count). The van der Waals surface area contributed by atoms with Gasteiger partial charge in [0.05, 0.1) is 12.8 Å². The van der Waals surface area contributed by atoms with Gasteiger partial charge in [0.25, 0.3) is 5.91 Å². The number of carbonyl (C=O) groups is 1. The molecule has 25 heavy (non-hydrogen) atoms. The number of amides is 1. The van der Waals surface area contributed by atoms with E-state index in [1.54, 1.807) is 37.4 Å². The Hall–Kier alpha value is -3.41. The van der Waals surface area contributed by atoms with Crippen LogP contribution in [0.5, 0.6) is 5.75 Å². The molecule has 0 aliphatic rings. The number of ether oxygens (including phenoxy) is 1. The van der Waals surface area contributed by atoms with Crippen molar-refractivity contribution < 1.29 is 9.53 Å².